The van der Waals surface area contributed by atoms with E-state index in [4.69, 9.17) is 4.74 Å². The Kier molecular flexibility index (Phi) is 4.88. The average Bonchev–Trinajstić information content (AvgIpc) is 2.19. The quantitative estimate of drug-likeness (QED) is 0.723. The number of likely N-dealkylation sites (tertiary alicyclic amines) is 1. The van der Waals surface area contributed by atoms with Crippen LogP contribution in [-0.2, 0) is 4.74 Å². The van der Waals surface area contributed by atoms with Crippen molar-refractivity contribution in [2.75, 3.05) is 32.1 Å². The van der Waals surface area contributed by atoms with E-state index < -0.39 is 0 Å². The average molecular weight is 264 g/mol. The molecule has 1 saturated heterocycles. The van der Waals surface area contributed by atoms with Crippen LogP contribution in [0, 0.1) is 5.41 Å². The molecule has 1 aliphatic rings. The summed E-state index contributed by atoms with van der Waals surface area (Å²) in [7, 11) is 1.82. The van der Waals surface area contributed by atoms with Gasteiger partial charge in [0.25, 0.3) is 0 Å². The first-order valence-corrected chi connectivity index (χ1v) is 6.50. The summed E-state index contributed by atoms with van der Waals surface area (Å²) in [6.45, 7) is 8.19. The fourth-order valence-corrected chi connectivity index (χ4v) is 2.13. The van der Waals surface area contributed by atoms with Crippen LogP contribution in [0.4, 0.5) is 0 Å². The Labute approximate surface area is 96.1 Å². The van der Waals surface area contributed by atoms with Crippen LogP contribution in [0.2, 0.25) is 0 Å². The van der Waals surface area contributed by atoms with Crippen molar-refractivity contribution in [3.05, 3.63) is 0 Å². The molecule has 2 nitrogen and oxygen atoms in total. The van der Waals surface area contributed by atoms with Gasteiger partial charge in [0.05, 0.1) is 6.10 Å². The molecule has 0 aromatic rings. The Morgan fingerprint density at radius 2 is 1.93 bits per heavy atom. The summed E-state index contributed by atoms with van der Waals surface area (Å²) in [6.07, 6.45) is 2.88. The summed E-state index contributed by atoms with van der Waals surface area (Å²) in [5.41, 5.74) is 0.389. The maximum absolute atomic E-state index is 5.36. The van der Waals surface area contributed by atoms with Gasteiger partial charge in [0.15, 0.2) is 0 Å². The van der Waals surface area contributed by atoms with E-state index >= 15 is 0 Å². The largest absolute Gasteiger partial charge is 0.381 e. The number of piperidine rings is 1. The third-order valence-corrected chi connectivity index (χ3v) is 4.40. The van der Waals surface area contributed by atoms with Crippen LogP contribution in [0.3, 0.4) is 0 Å². The summed E-state index contributed by atoms with van der Waals surface area (Å²) in [4.78, 5) is 2.55. The number of methoxy groups -OCH3 is 1. The summed E-state index contributed by atoms with van der Waals surface area (Å²) in [5, 5.41) is 1.07. The molecule has 0 amide bonds. The number of ether oxygens (including phenoxy) is 1. The van der Waals surface area contributed by atoms with Crippen molar-refractivity contribution in [1.82, 2.24) is 4.90 Å². The van der Waals surface area contributed by atoms with Gasteiger partial charge in [0.2, 0.25) is 0 Å². The summed E-state index contributed by atoms with van der Waals surface area (Å²) in [5.74, 6) is 0. The van der Waals surface area contributed by atoms with Gasteiger partial charge in [-0.2, -0.15) is 0 Å². The normalized spacial score (nSPS) is 21.4. The molecule has 0 N–H and O–H groups in total. The molecular weight excluding hydrogens is 242 g/mol. The monoisotopic (exact) mass is 263 g/mol. The Bertz CT molecular complexity index is 165. The van der Waals surface area contributed by atoms with E-state index in [0.717, 1.165) is 5.33 Å². The molecular formula is C11H22BrNO. The van der Waals surface area contributed by atoms with Gasteiger partial charge < -0.3 is 9.64 Å². The fourth-order valence-electron chi connectivity index (χ4n) is 1.95. The fraction of sp³-hybridized carbons (Fsp3) is 1.00. The highest BCUT2D eigenvalue weighted by molar-refractivity contribution is 9.09. The highest BCUT2D eigenvalue weighted by Gasteiger charge is 2.24. The van der Waals surface area contributed by atoms with Gasteiger partial charge in [0, 0.05) is 32.1 Å². The number of alkyl halides is 1. The van der Waals surface area contributed by atoms with Crippen LogP contribution in [0.15, 0.2) is 0 Å². The van der Waals surface area contributed by atoms with Crippen molar-refractivity contribution >= 4 is 15.9 Å². The maximum Gasteiger partial charge on any atom is 0.0595 e. The van der Waals surface area contributed by atoms with E-state index in [-0.39, 0.29) is 0 Å². The molecule has 3 heteroatoms. The van der Waals surface area contributed by atoms with Crippen molar-refractivity contribution < 1.29 is 4.74 Å². The number of hydrogen-bond donors (Lipinski definition) is 0. The Morgan fingerprint density at radius 1 is 1.36 bits per heavy atom. The third kappa shape index (κ3) is 3.87. The van der Waals surface area contributed by atoms with Crippen LogP contribution >= 0.6 is 15.9 Å². The number of nitrogens with zero attached hydrogens (tertiary/aromatic N) is 1. The molecule has 0 bridgehead atoms. The molecule has 1 rings (SSSR count). The molecule has 0 unspecified atom stereocenters. The molecule has 0 aromatic carbocycles. The second-order valence-corrected chi connectivity index (χ2v) is 5.57. The van der Waals surface area contributed by atoms with E-state index in [0.29, 0.717) is 11.5 Å². The minimum Gasteiger partial charge on any atom is -0.381 e. The maximum atomic E-state index is 5.36. The molecule has 0 aromatic heterocycles. The van der Waals surface area contributed by atoms with Crippen LogP contribution in [0.5, 0.6) is 0 Å². The SMILES string of the molecule is COC1CCN(CC(C)(C)CBr)CC1. The molecule has 0 saturated carbocycles. The van der Waals surface area contributed by atoms with E-state index in [2.05, 4.69) is 34.7 Å². The van der Waals surface area contributed by atoms with E-state index in [1.54, 1.807) is 0 Å². The number of rotatable bonds is 4. The lowest BCUT2D eigenvalue weighted by molar-refractivity contribution is 0.0322. The third-order valence-electron chi connectivity index (χ3n) is 2.88. The highest BCUT2D eigenvalue weighted by atomic mass is 79.9. The van der Waals surface area contributed by atoms with Crippen molar-refractivity contribution in [3.63, 3.8) is 0 Å². The standard InChI is InChI=1S/C11H22BrNO/c1-11(2,8-12)9-13-6-4-10(14-3)5-7-13/h10H,4-9H2,1-3H3. The zero-order valence-electron chi connectivity index (χ0n) is 9.55. The summed E-state index contributed by atoms with van der Waals surface area (Å²) < 4.78 is 5.36. The van der Waals surface area contributed by atoms with Gasteiger partial charge in [-0.05, 0) is 18.3 Å². The highest BCUT2D eigenvalue weighted by Crippen LogP contribution is 2.22. The van der Waals surface area contributed by atoms with Crippen molar-refractivity contribution in [2.45, 2.75) is 32.8 Å². The van der Waals surface area contributed by atoms with Gasteiger partial charge in [-0.1, -0.05) is 29.8 Å². The van der Waals surface area contributed by atoms with Crippen molar-refractivity contribution in [2.24, 2.45) is 5.41 Å². The minimum absolute atomic E-state index is 0.389. The lowest BCUT2D eigenvalue weighted by Crippen LogP contribution is -2.42. The molecule has 84 valence electrons. The smallest absolute Gasteiger partial charge is 0.0595 e. The molecule has 1 aliphatic heterocycles. The molecule has 0 atom stereocenters. The first kappa shape index (κ1) is 12.5. The molecule has 0 spiro atoms. The lowest BCUT2D eigenvalue weighted by atomic mass is 9.94. The number of halogens is 1. The number of hydrogen-bond acceptors (Lipinski definition) is 2. The Hall–Kier alpha value is 0.400. The van der Waals surface area contributed by atoms with E-state index in [9.17, 15) is 0 Å². The molecule has 1 fully saturated rings. The van der Waals surface area contributed by atoms with Crippen molar-refractivity contribution in [3.8, 4) is 0 Å². The predicted octanol–water partition coefficient (Wildman–Crippen LogP) is 2.52. The van der Waals surface area contributed by atoms with Gasteiger partial charge in [0.1, 0.15) is 0 Å². The summed E-state index contributed by atoms with van der Waals surface area (Å²) >= 11 is 3.57. The Morgan fingerprint density at radius 3 is 2.36 bits per heavy atom. The van der Waals surface area contributed by atoms with Gasteiger partial charge in [-0.25, -0.2) is 0 Å². The van der Waals surface area contributed by atoms with Crippen molar-refractivity contribution in [1.29, 1.82) is 0 Å². The lowest BCUT2D eigenvalue weighted by Gasteiger charge is -2.36. The van der Waals surface area contributed by atoms with Crippen LogP contribution < -0.4 is 0 Å². The topological polar surface area (TPSA) is 12.5 Å². The molecule has 0 aliphatic carbocycles. The van der Waals surface area contributed by atoms with E-state index in [1.165, 1.54) is 32.5 Å². The van der Waals surface area contributed by atoms with Crippen LogP contribution in [0.1, 0.15) is 26.7 Å². The first-order valence-electron chi connectivity index (χ1n) is 5.38. The Balaban J connectivity index is 2.28. The zero-order chi connectivity index (χ0) is 10.6. The second-order valence-electron chi connectivity index (χ2n) is 5.01. The predicted molar refractivity (Wildman–Crippen MR) is 64.0 cm³/mol. The second kappa shape index (κ2) is 5.47. The molecule has 0 radical (unpaired) electrons. The van der Waals surface area contributed by atoms with Gasteiger partial charge in [-0.15, -0.1) is 0 Å². The summed E-state index contributed by atoms with van der Waals surface area (Å²) in [6, 6.07) is 0. The molecule has 14 heavy (non-hydrogen) atoms. The minimum atomic E-state index is 0.389. The van der Waals surface area contributed by atoms with Crippen LogP contribution in [-0.4, -0.2) is 43.1 Å². The van der Waals surface area contributed by atoms with Gasteiger partial charge >= 0.3 is 0 Å². The van der Waals surface area contributed by atoms with E-state index in [1.807, 2.05) is 7.11 Å². The van der Waals surface area contributed by atoms with Gasteiger partial charge in [-0.3, -0.25) is 0 Å². The molecule has 1 heterocycles. The van der Waals surface area contributed by atoms with Crippen LogP contribution in [0.25, 0.3) is 0 Å². The first-order chi connectivity index (χ1) is 6.57. The zero-order valence-corrected chi connectivity index (χ0v) is 11.1.